The summed E-state index contributed by atoms with van der Waals surface area (Å²) in [6.07, 6.45) is 0. The van der Waals surface area contributed by atoms with E-state index in [0.717, 1.165) is 9.26 Å². The Balaban J connectivity index is 2.43. The molecule has 0 unspecified atom stereocenters. The lowest BCUT2D eigenvalue weighted by Gasteiger charge is -2.09. The summed E-state index contributed by atoms with van der Waals surface area (Å²) in [4.78, 5) is 0. The summed E-state index contributed by atoms with van der Waals surface area (Å²) in [5.41, 5.74) is 2.18. The maximum absolute atomic E-state index is 9.14. The third-order valence-electron chi connectivity index (χ3n) is 2.52. The monoisotopic (exact) mass is 372 g/mol. The predicted molar refractivity (Wildman–Crippen MR) is 80.1 cm³/mol. The van der Waals surface area contributed by atoms with Crippen molar-refractivity contribution in [2.24, 2.45) is 7.05 Å². The predicted octanol–water partition coefficient (Wildman–Crippen LogP) is 3.60. The van der Waals surface area contributed by atoms with Crippen LogP contribution in [-0.4, -0.2) is 9.78 Å². The molecule has 0 saturated heterocycles. The molecular formula is C12H10ClIN4. The van der Waals surface area contributed by atoms with Crippen LogP contribution in [-0.2, 0) is 7.05 Å². The highest BCUT2D eigenvalue weighted by molar-refractivity contribution is 14.1. The van der Waals surface area contributed by atoms with Gasteiger partial charge in [-0.25, -0.2) is 0 Å². The van der Waals surface area contributed by atoms with E-state index in [9.17, 15) is 0 Å². The minimum atomic E-state index is 0.559. The van der Waals surface area contributed by atoms with Gasteiger partial charge in [0, 0.05) is 15.6 Å². The first-order valence-electron chi connectivity index (χ1n) is 5.18. The standard InChI is InChI=1S/C12H10ClIN4/c1-7-9(6-15)12(18(2)17-7)16-11-4-3-8(13)5-10(11)14/h3-5,16H,1-2H3. The van der Waals surface area contributed by atoms with Gasteiger partial charge in [-0.15, -0.1) is 0 Å². The number of hydrogen-bond donors (Lipinski definition) is 1. The van der Waals surface area contributed by atoms with E-state index in [1.165, 1.54) is 0 Å². The molecule has 0 aliphatic rings. The number of aromatic nitrogens is 2. The molecular weight excluding hydrogens is 363 g/mol. The molecule has 92 valence electrons. The van der Waals surface area contributed by atoms with Crippen molar-refractivity contribution >= 4 is 45.7 Å². The first-order valence-corrected chi connectivity index (χ1v) is 6.64. The Morgan fingerprint density at radius 3 is 2.83 bits per heavy atom. The molecule has 1 aromatic heterocycles. The molecule has 0 radical (unpaired) electrons. The largest absolute Gasteiger partial charge is 0.338 e. The van der Waals surface area contributed by atoms with Crippen molar-refractivity contribution in [3.8, 4) is 6.07 Å². The Morgan fingerprint density at radius 1 is 1.50 bits per heavy atom. The van der Waals surface area contributed by atoms with E-state index >= 15 is 0 Å². The first kappa shape index (κ1) is 13.2. The lowest BCUT2D eigenvalue weighted by atomic mass is 10.2. The highest BCUT2D eigenvalue weighted by Crippen LogP contribution is 2.27. The molecule has 0 aliphatic heterocycles. The molecule has 0 amide bonds. The summed E-state index contributed by atoms with van der Waals surface area (Å²) < 4.78 is 2.65. The Labute approximate surface area is 124 Å². The summed E-state index contributed by atoms with van der Waals surface area (Å²) >= 11 is 8.11. The second kappa shape index (κ2) is 5.16. The Morgan fingerprint density at radius 2 is 2.22 bits per heavy atom. The zero-order chi connectivity index (χ0) is 13.3. The molecule has 0 fully saturated rings. The van der Waals surface area contributed by atoms with Crippen molar-refractivity contribution in [3.05, 3.63) is 38.0 Å². The molecule has 4 nitrogen and oxygen atoms in total. The van der Waals surface area contributed by atoms with Crippen LogP contribution in [0.4, 0.5) is 11.5 Å². The zero-order valence-electron chi connectivity index (χ0n) is 9.83. The number of aryl methyl sites for hydroxylation is 2. The molecule has 0 aliphatic carbocycles. The molecule has 0 spiro atoms. The molecule has 6 heteroatoms. The van der Waals surface area contributed by atoms with E-state index in [1.807, 2.05) is 19.1 Å². The highest BCUT2D eigenvalue weighted by Gasteiger charge is 2.13. The Kier molecular flexibility index (Phi) is 3.78. The number of benzene rings is 1. The van der Waals surface area contributed by atoms with Gasteiger partial charge >= 0.3 is 0 Å². The van der Waals surface area contributed by atoms with Crippen molar-refractivity contribution < 1.29 is 0 Å². The van der Waals surface area contributed by atoms with Gasteiger partial charge in [0.2, 0.25) is 0 Å². The second-order valence-electron chi connectivity index (χ2n) is 3.79. The van der Waals surface area contributed by atoms with Gasteiger partial charge in [-0.05, 0) is 47.7 Å². The average Bonchev–Trinajstić information content (AvgIpc) is 2.57. The van der Waals surface area contributed by atoms with Crippen molar-refractivity contribution in [2.75, 3.05) is 5.32 Å². The quantitative estimate of drug-likeness (QED) is 0.820. The molecule has 1 heterocycles. The van der Waals surface area contributed by atoms with Gasteiger partial charge in [0.25, 0.3) is 0 Å². The summed E-state index contributed by atoms with van der Waals surface area (Å²) in [6.45, 7) is 1.82. The molecule has 0 atom stereocenters. The topological polar surface area (TPSA) is 53.6 Å². The van der Waals surface area contributed by atoms with Gasteiger partial charge in [0.1, 0.15) is 17.5 Å². The number of hydrogen-bond acceptors (Lipinski definition) is 3. The van der Waals surface area contributed by atoms with Crippen LogP contribution in [0.15, 0.2) is 18.2 Å². The summed E-state index contributed by atoms with van der Waals surface area (Å²) in [7, 11) is 1.80. The van der Waals surface area contributed by atoms with E-state index < -0.39 is 0 Å². The average molecular weight is 373 g/mol. The van der Waals surface area contributed by atoms with Crippen molar-refractivity contribution in [1.29, 1.82) is 5.26 Å². The number of nitrogens with zero attached hydrogens (tertiary/aromatic N) is 3. The fourth-order valence-corrected chi connectivity index (χ4v) is 2.66. The lowest BCUT2D eigenvalue weighted by Crippen LogP contribution is -2.01. The number of halogens is 2. The molecule has 1 aromatic carbocycles. The van der Waals surface area contributed by atoms with Crippen LogP contribution < -0.4 is 5.32 Å². The normalized spacial score (nSPS) is 10.2. The molecule has 0 saturated carbocycles. The Bertz CT molecular complexity index is 642. The Hall–Kier alpha value is -1.26. The molecule has 2 rings (SSSR count). The third-order valence-corrected chi connectivity index (χ3v) is 3.65. The van der Waals surface area contributed by atoms with Crippen LogP contribution in [0.25, 0.3) is 0 Å². The maximum atomic E-state index is 9.14. The van der Waals surface area contributed by atoms with Crippen molar-refractivity contribution in [3.63, 3.8) is 0 Å². The summed E-state index contributed by atoms with van der Waals surface area (Å²) in [6, 6.07) is 7.71. The third kappa shape index (κ3) is 2.44. The van der Waals surface area contributed by atoms with E-state index in [-0.39, 0.29) is 0 Å². The molecule has 2 aromatic rings. The van der Waals surface area contributed by atoms with Crippen LogP contribution in [0.1, 0.15) is 11.3 Å². The van der Waals surface area contributed by atoms with E-state index in [1.54, 1.807) is 17.8 Å². The van der Waals surface area contributed by atoms with E-state index in [4.69, 9.17) is 16.9 Å². The van der Waals surface area contributed by atoms with Crippen LogP contribution >= 0.6 is 34.2 Å². The lowest BCUT2D eigenvalue weighted by molar-refractivity contribution is 0.765. The first-order chi connectivity index (χ1) is 8.52. The minimum absolute atomic E-state index is 0.559. The minimum Gasteiger partial charge on any atom is -0.338 e. The fourth-order valence-electron chi connectivity index (χ4n) is 1.65. The highest BCUT2D eigenvalue weighted by atomic mass is 127. The van der Waals surface area contributed by atoms with Crippen molar-refractivity contribution in [1.82, 2.24) is 9.78 Å². The van der Waals surface area contributed by atoms with Crippen LogP contribution in [0.2, 0.25) is 5.02 Å². The second-order valence-corrected chi connectivity index (χ2v) is 5.39. The smallest absolute Gasteiger partial charge is 0.146 e. The molecule has 18 heavy (non-hydrogen) atoms. The SMILES string of the molecule is Cc1nn(C)c(Nc2ccc(Cl)cc2I)c1C#N. The summed E-state index contributed by atoms with van der Waals surface area (Å²) in [5.74, 6) is 0.690. The van der Waals surface area contributed by atoms with Gasteiger partial charge in [0.15, 0.2) is 0 Å². The fraction of sp³-hybridized carbons (Fsp3) is 0.167. The number of nitrogens with one attached hydrogen (secondary N) is 1. The van der Waals surface area contributed by atoms with E-state index in [0.29, 0.717) is 22.1 Å². The zero-order valence-corrected chi connectivity index (χ0v) is 12.7. The maximum Gasteiger partial charge on any atom is 0.146 e. The van der Waals surface area contributed by atoms with Gasteiger partial charge in [-0.3, -0.25) is 4.68 Å². The summed E-state index contributed by atoms with van der Waals surface area (Å²) in [5, 5.41) is 17.3. The number of nitriles is 1. The van der Waals surface area contributed by atoms with Gasteiger partial charge in [0.05, 0.1) is 11.4 Å². The van der Waals surface area contributed by atoms with Crippen LogP contribution in [0, 0.1) is 21.8 Å². The van der Waals surface area contributed by atoms with Crippen molar-refractivity contribution in [2.45, 2.75) is 6.92 Å². The van der Waals surface area contributed by atoms with Crippen LogP contribution in [0.5, 0.6) is 0 Å². The molecule has 1 N–H and O–H groups in total. The number of anilines is 2. The van der Waals surface area contributed by atoms with Gasteiger partial charge in [-0.1, -0.05) is 11.6 Å². The number of rotatable bonds is 2. The molecule has 0 bridgehead atoms. The van der Waals surface area contributed by atoms with Gasteiger partial charge in [-0.2, -0.15) is 10.4 Å². The van der Waals surface area contributed by atoms with E-state index in [2.05, 4.69) is 39.1 Å². The van der Waals surface area contributed by atoms with Crippen LogP contribution in [0.3, 0.4) is 0 Å². The van der Waals surface area contributed by atoms with Gasteiger partial charge < -0.3 is 5.32 Å².